The van der Waals surface area contributed by atoms with E-state index in [1.165, 1.54) is 0 Å². The molecule has 0 aromatic heterocycles. The zero-order valence-electron chi connectivity index (χ0n) is 11.1. The van der Waals surface area contributed by atoms with Gasteiger partial charge in [-0.05, 0) is 25.0 Å². The van der Waals surface area contributed by atoms with Crippen molar-refractivity contribution in [3.8, 4) is 0 Å². The second kappa shape index (κ2) is 5.71. The van der Waals surface area contributed by atoms with Crippen LogP contribution in [0.25, 0.3) is 0 Å². The highest BCUT2D eigenvalue weighted by atomic mass is 32.2. The van der Waals surface area contributed by atoms with Gasteiger partial charge in [-0.15, -0.1) is 0 Å². The number of oxime groups is 1. The van der Waals surface area contributed by atoms with E-state index in [-0.39, 0.29) is 12.6 Å². The van der Waals surface area contributed by atoms with Crippen LogP contribution in [0.5, 0.6) is 0 Å². The zero-order chi connectivity index (χ0) is 13.9. The van der Waals surface area contributed by atoms with Gasteiger partial charge in [0, 0.05) is 6.42 Å². The first-order chi connectivity index (χ1) is 9.03. The molecule has 1 atom stereocenters. The molecule has 0 spiro atoms. The third kappa shape index (κ3) is 3.33. The van der Waals surface area contributed by atoms with E-state index in [0.29, 0.717) is 17.7 Å². The van der Waals surface area contributed by atoms with Gasteiger partial charge in [0.1, 0.15) is 6.10 Å². The highest BCUT2D eigenvalue weighted by Gasteiger charge is 2.23. The third-order valence-corrected chi connectivity index (χ3v) is 4.55. The van der Waals surface area contributed by atoms with Crippen LogP contribution in [-0.4, -0.2) is 26.8 Å². The molecule has 1 aliphatic rings. The van der Waals surface area contributed by atoms with Gasteiger partial charge in [0.25, 0.3) is 0 Å². The number of nitrogens with zero attached hydrogens (tertiary/aromatic N) is 1. The molecule has 2 rings (SSSR count). The van der Waals surface area contributed by atoms with Gasteiger partial charge in [-0.25, -0.2) is 13.1 Å². The highest BCUT2D eigenvalue weighted by molar-refractivity contribution is 7.89. The standard InChI is InChI=1S/C13H18N2O3S/c1-3-11-6-4-5-7-13(11)19(16,17)14-9-12-8-10(2)15-18-12/h4-7,12,14H,3,8-9H2,1-2H3/t12-/m0/s1. The molecule has 104 valence electrons. The average molecular weight is 282 g/mol. The number of rotatable bonds is 5. The van der Waals surface area contributed by atoms with Crippen molar-refractivity contribution in [1.82, 2.24) is 4.72 Å². The Labute approximate surface area is 113 Å². The molecule has 5 nitrogen and oxygen atoms in total. The number of hydrogen-bond donors (Lipinski definition) is 1. The van der Waals surface area contributed by atoms with Crippen LogP contribution >= 0.6 is 0 Å². The van der Waals surface area contributed by atoms with Crippen LogP contribution in [0.2, 0.25) is 0 Å². The number of benzene rings is 1. The minimum atomic E-state index is -3.49. The van der Waals surface area contributed by atoms with Crippen molar-refractivity contribution in [2.24, 2.45) is 5.16 Å². The first-order valence-corrected chi connectivity index (χ1v) is 7.78. The van der Waals surface area contributed by atoms with Gasteiger partial charge < -0.3 is 4.84 Å². The van der Waals surface area contributed by atoms with Gasteiger partial charge in [0.2, 0.25) is 10.0 Å². The minimum absolute atomic E-state index is 0.205. The molecule has 1 aromatic rings. The molecule has 1 aliphatic heterocycles. The Bertz CT molecular complexity index is 581. The van der Waals surface area contributed by atoms with E-state index in [1.807, 2.05) is 26.0 Å². The summed E-state index contributed by atoms with van der Waals surface area (Å²) in [4.78, 5) is 5.45. The molecule has 6 heteroatoms. The maximum atomic E-state index is 12.2. The van der Waals surface area contributed by atoms with Crippen LogP contribution in [0.1, 0.15) is 25.8 Å². The summed E-state index contributed by atoms with van der Waals surface area (Å²) in [6.45, 7) is 4.04. The molecule has 0 saturated carbocycles. The first-order valence-electron chi connectivity index (χ1n) is 6.30. The number of hydrogen-bond acceptors (Lipinski definition) is 4. The lowest BCUT2D eigenvalue weighted by molar-refractivity contribution is 0.0891. The quantitative estimate of drug-likeness (QED) is 0.893. The maximum absolute atomic E-state index is 12.2. The highest BCUT2D eigenvalue weighted by Crippen LogP contribution is 2.16. The SMILES string of the molecule is CCc1ccccc1S(=O)(=O)NC[C@@H]1CC(C)=NO1. The van der Waals surface area contributed by atoms with Crippen molar-refractivity contribution in [2.45, 2.75) is 37.7 Å². The summed E-state index contributed by atoms with van der Waals surface area (Å²) < 4.78 is 27.1. The number of sulfonamides is 1. The molecule has 19 heavy (non-hydrogen) atoms. The van der Waals surface area contributed by atoms with E-state index in [9.17, 15) is 8.42 Å². The molecule has 0 fully saturated rings. The molecule has 0 aliphatic carbocycles. The lowest BCUT2D eigenvalue weighted by Gasteiger charge is -2.12. The van der Waals surface area contributed by atoms with Crippen molar-refractivity contribution in [3.05, 3.63) is 29.8 Å². The molecule has 0 radical (unpaired) electrons. The minimum Gasteiger partial charge on any atom is -0.391 e. The normalized spacial score (nSPS) is 19.1. The van der Waals surface area contributed by atoms with E-state index in [2.05, 4.69) is 9.88 Å². The summed E-state index contributed by atoms with van der Waals surface area (Å²) >= 11 is 0. The van der Waals surface area contributed by atoms with Gasteiger partial charge >= 0.3 is 0 Å². The topological polar surface area (TPSA) is 67.8 Å². The van der Waals surface area contributed by atoms with Crippen LogP contribution in [0.15, 0.2) is 34.3 Å². The fraction of sp³-hybridized carbons (Fsp3) is 0.462. The fourth-order valence-electron chi connectivity index (χ4n) is 2.02. The third-order valence-electron chi connectivity index (χ3n) is 3.02. The average Bonchev–Trinajstić information content (AvgIpc) is 2.82. The van der Waals surface area contributed by atoms with Crippen molar-refractivity contribution < 1.29 is 13.3 Å². The molecule has 1 aromatic carbocycles. The van der Waals surface area contributed by atoms with E-state index in [0.717, 1.165) is 11.3 Å². The summed E-state index contributed by atoms with van der Waals surface area (Å²) in [5.41, 5.74) is 1.70. The zero-order valence-corrected chi connectivity index (χ0v) is 11.9. The molecule has 0 bridgehead atoms. The van der Waals surface area contributed by atoms with E-state index >= 15 is 0 Å². The number of aryl methyl sites for hydroxylation is 1. The summed E-state index contributed by atoms with van der Waals surface area (Å²) in [6.07, 6.45) is 1.14. The first kappa shape index (κ1) is 14.0. The van der Waals surface area contributed by atoms with Crippen LogP contribution in [0.3, 0.4) is 0 Å². The van der Waals surface area contributed by atoms with E-state index in [4.69, 9.17) is 4.84 Å². The molecule has 0 unspecified atom stereocenters. The number of nitrogens with one attached hydrogen (secondary N) is 1. The Hall–Kier alpha value is -1.40. The Balaban J connectivity index is 2.06. The van der Waals surface area contributed by atoms with E-state index in [1.54, 1.807) is 12.1 Å². The van der Waals surface area contributed by atoms with Crippen LogP contribution < -0.4 is 4.72 Å². The van der Waals surface area contributed by atoms with Crippen molar-refractivity contribution in [1.29, 1.82) is 0 Å². The maximum Gasteiger partial charge on any atom is 0.240 e. The molecular formula is C13H18N2O3S. The Morgan fingerprint density at radius 1 is 1.42 bits per heavy atom. The molecule has 1 heterocycles. The molecular weight excluding hydrogens is 264 g/mol. The molecule has 0 saturated heterocycles. The smallest absolute Gasteiger partial charge is 0.240 e. The van der Waals surface area contributed by atoms with Gasteiger partial charge in [-0.1, -0.05) is 30.3 Å². The van der Waals surface area contributed by atoms with Gasteiger partial charge in [0.15, 0.2) is 0 Å². The Morgan fingerprint density at radius 2 is 2.16 bits per heavy atom. The van der Waals surface area contributed by atoms with Gasteiger partial charge in [-0.2, -0.15) is 0 Å². The monoisotopic (exact) mass is 282 g/mol. The summed E-state index contributed by atoms with van der Waals surface area (Å²) in [6, 6.07) is 7.02. The predicted molar refractivity (Wildman–Crippen MR) is 73.6 cm³/mol. The molecule has 1 N–H and O–H groups in total. The van der Waals surface area contributed by atoms with Crippen LogP contribution in [0, 0.1) is 0 Å². The van der Waals surface area contributed by atoms with Gasteiger partial charge in [-0.3, -0.25) is 0 Å². The predicted octanol–water partition coefficient (Wildman–Crippen LogP) is 1.69. The van der Waals surface area contributed by atoms with Crippen LogP contribution in [0.4, 0.5) is 0 Å². The lowest BCUT2D eigenvalue weighted by Crippen LogP contribution is -2.32. The summed E-state index contributed by atoms with van der Waals surface area (Å²) in [7, 11) is -3.49. The molecule has 0 amide bonds. The summed E-state index contributed by atoms with van der Waals surface area (Å²) in [5.74, 6) is 0. The van der Waals surface area contributed by atoms with Gasteiger partial charge in [0.05, 0.1) is 17.2 Å². The van der Waals surface area contributed by atoms with Crippen LogP contribution in [-0.2, 0) is 21.3 Å². The largest absolute Gasteiger partial charge is 0.391 e. The second-order valence-electron chi connectivity index (χ2n) is 4.57. The fourth-order valence-corrected chi connectivity index (χ4v) is 3.39. The Morgan fingerprint density at radius 3 is 2.79 bits per heavy atom. The van der Waals surface area contributed by atoms with Crippen molar-refractivity contribution >= 4 is 15.7 Å². The van der Waals surface area contributed by atoms with Crippen molar-refractivity contribution in [2.75, 3.05) is 6.54 Å². The lowest BCUT2D eigenvalue weighted by atomic mass is 10.2. The second-order valence-corrected chi connectivity index (χ2v) is 6.31. The van der Waals surface area contributed by atoms with Crippen molar-refractivity contribution in [3.63, 3.8) is 0 Å². The Kier molecular flexibility index (Phi) is 4.21. The van der Waals surface area contributed by atoms with E-state index < -0.39 is 10.0 Å². The summed E-state index contributed by atoms with van der Waals surface area (Å²) in [5, 5.41) is 3.81.